The Hall–Kier alpha value is -3.93. The number of carbonyl (C=O) groups is 4. The zero-order chi connectivity index (χ0) is 26.0. The number of nitrogens with one attached hydrogen (secondary N) is 4. The first-order chi connectivity index (χ1) is 16.6. The van der Waals surface area contributed by atoms with E-state index in [0.717, 1.165) is 0 Å². The van der Waals surface area contributed by atoms with Crippen LogP contribution in [-0.4, -0.2) is 68.5 Å². The van der Waals surface area contributed by atoms with Crippen LogP contribution in [0.4, 0.5) is 0 Å². The van der Waals surface area contributed by atoms with Crippen LogP contribution in [0.2, 0.25) is 0 Å². The Morgan fingerprint density at radius 3 is 2.14 bits per heavy atom. The van der Waals surface area contributed by atoms with Crippen LogP contribution in [0.3, 0.4) is 0 Å². The number of aromatic nitrogens is 2. The number of H-pyrrole nitrogens is 1. The molecule has 1 heterocycles. The lowest BCUT2D eigenvalue weighted by molar-refractivity contribution is -0.142. The number of phenolic OH excluding ortho intramolecular Hbond substituents is 1. The van der Waals surface area contributed by atoms with Gasteiger partial charge in [0.2, 0.25) is 17.7 Å². The number of nitrogens with two attached hydrogens (primary N) is 1. The molecule has 0 spiro atoms. The van der Waals surface area contributed by atoms with Crippen molar-refractivity contribution in [2.24, 2.45) is 11.7 Å². The van der Waals surface area contributed by atoms with E-state index < -0.39 is 41.8 Å². The lowest BCUT2D eigenvalue weighted by atomic mass is 10.0. The van der Waals surface area contributed by atoms with Gasteiger partial charge in [0.05, 0.1) is 12.9 Å². The highest BCUT2D eigenvalue weighted by atomic mass is 16.4. The molecule has 1 aromatic heterocycles. The number of aromatic hydroxyl groups is 1. The number of carboxylic acid groups (broad SMARTS) is 1. The van der Waals surface area contributed by atoms with E-state index in [1.54, 1.807) is 12.1 Å². The summed E-state index contributed by atoms with van der Waals surface area (Å²) in [7, 11) is 0. The van der Waals surface area contributed by atoms with Crippen LogP contribution in [0.1, 0.15) is 31.5 Å². The molecule has 0 aliphatic rings. The number of hydrogen-bond donors (Lipinski definition) is 7. The van der Waals surface area contributed by atoms with Crippen LogP contribution < -0.4 is 21.7 Å². The molecule has 35 heavy (non-hydrogen) atoms. The van der Waals surface area contributed by atoms with Gasteiger partial charge in [0.25, 0.3) is 0 Å². The summed E-state index contributed by atoms with van der Waals surface area (Å²) in [5, 5.41) is 26.7. The van der Waals surface area contributed by atoms with Crippen molar-refractivity contribution in [3.05, 3.63) is 48.0 Å². The third-order valence-corrected chi connectivity index (χ3v) is 5.15. The molecule has 0 saturated heterocycles. The van der Waals surface area contributed by atoms with Crippen LogP contribution in [-0.2, 0) is 32.0 Å². The smallest absolute Gasteiger partial charge is 0.326 e. The normalized spacial score (nSPS) is 13.5. The Morgan fingerprint density at radius 1 is 0.971 bits per heavy atom. The minimum absolute atomic E-state index is 0.00360. The van der Waals surface area contributed by atoms with E-state index in [4.69, 9.17) is 5.73 Å². The van der Waals surface area contributed by atoms with Gasteiger partial charge in [-0.2, -0.15) is 0 Å². The molecule has 0 radical (unpaired) electrons. The minimum Gasteiger partial charge on any atom is -0.508 e. The molecule has 0 saturated carbocycles. The van der Waals surface area contributed by atoms with Gasteiger partial charge in [-0.15, -0.1) is 0 Å². The Morgan fingerprint density at radius 2 is 1.60 bits per heavy atom. The molecule has 2 rings (SSSR count). The molecule has 0 aliphatic heterocycles. The summed E-state index contributed by atoms with van der Waals surface area (Å²) in [6.45, 7) is 3.38. The van der Waals surface area contributed by atoms with E-state index in [1.165, 1.54) is 24.7 Å². The van der Waals surface area contributed by atoms with Gasteiger partial charge in [-0.3, -0.25) is 14.4 Å². The van der Waals surface area contributed by atoms with E-state index in [0.29, 0.717) is 11.3 Å². The Labute approximate surface area is 202 Å². The predicted octanol–water partition coefficient (Wildman–Crippen LogP) is -0.556. The zero-order valence-electron chi connectivity index (χ0n) is 19.7. The number of amides is 3. The number of carboxylic acids is 1. The molecule has 3 atom stereocenters. The first-order valence-electron chi connectivity index (χ1n) is 11.2. The van der Waals surface area contributed by atoms with Gasteiger partial charge in [-0.05, 0) is 30.0 Å². The van der Waals surface area contributed by atoms with Crippen molar-refractivity contribution in [3.63, 3.8) is 0 Å². The fraction of sp³-hybridized carbons (Fsp3) is 0.435. The lowest BCUT2D eigenvalue weighted by Gasteiger charge is -2.25. The van der Waals surface area contributed by atoms with Crippen molar-refractivity contribution >= 4 is 23.7 Å². The second kappa shape index (κ2) is 13.1. The summed E-state index contributed by atoms with van der Waals surface area (Å²) in [4.78, 5) is 56.4. The quantitative estimate of drug-likeness (QED) is 0.194. The second-order valence-corrected chi connectivity index (χ2v) is 8.57. The van der Waals surface area contributed by atoms with Crippen molar-refractivity contribution in [2.75, 3.05) is 6.54 Å². The molecule has 12 heteroatoms. The van der Waals surface area contributed by atoms with Crippen molar-refractivity contribution in [3.8, 4) is 5.75 Å². The average Bonchev–Trinajstić information content (AvgIpc) is 3.31. The molecule has 0 bridgehead atoms. The fourth-order valence-corrected chi connectivity index (χ4v) is 3.39. The SMILES string of the molecule is CC(C)CC(NC(=O)C(Cc1ccc(O)cc1)NC(=O)CN)C(=O)NC(Cc1cnc[nH]1)C(=O)O. The largest absolute Gasteiger partial charge is 0.508 e. The van der Waals surface area contributed by atoms with Gasteiger partial charge in [0.15, 0.2) is 0 Å². The number of benzene rings is 1. The Balaban J connectivity index is 2.17. The van der Waals surface area contributed by atoms with E-state index in [-0.39, 0.29) is 37.5 Å². The summed E-state index contributed by atoms with van der Waals surface area (Å²) >= 11 is 0. The maximum atomic E-state index is 13.1. The molecular weight excluding hydrogens is 456 g/mol. The van der Waals surface area contributed by atoms with Gasteiger partial charge in [-0.25, -0.2) is 9.78 Å². The van der Waals surface area contributed by atoms with Gasteiger partial charge in [-0.1, -0.05) is 26.0 Å². The van der Waals surface area contributed by atoms with Gasteiger partial charge < -0.3 is 36.9 Å². The van der Waals surface area contributed by atoms with Crippen LogP contribution in [0.15, 0.2) is 36.8 Å². The molecule has 12 nitrogen and oxygen atoms in total. The third kappa shape index (κ3) is 9.08. The number of hydrogen-bond acceptors (Lipinski definition) is 7. The maximum Gasteiger partial charge on any atom is 0.326 e. The van der Waals surface area contributed by atoms with Gasteiger partial charge >= 0.3 is 5.97 Å². The predicted molar refractivity (Wildman–Crippen MR) is 126 cm³/mol. The Kier molecular flexibility index (Phi) is 10.2. The molecule has 190 valence electrons. The summed E-state index contributed by atoms with van der Waals surface area (Å²) in [6, 6.07) is 2.80. The number of phenols is 1. The van der Waals surface area contributed by atoms with Crippen LogP contribution in [0, 0.1) is 5.92 Å². The Bertz CT molecular complexity index is 992. The fourth-order valence-electron chi connectivity index (χ4n) is 3.39. The van der Waals surface area contributed by atoms with Gasteiger partial charge in [0, 0.05) is 24.7 Å². The van der Waals surface area contributed by atoms with Gasteiger partial charge in [0.1, 0.15) is 23.9 Å². The van der Waals surface area contributed by atoms with Crippen molar-refractivity contribution < 1.29 is 29.4 Å². The average molecular weight is 489 g/mol. The number of carbonyl (C=O) groups excluding carboxylic acids is 3. The molecule has 2 aromatic rings. The monoisotopic (exact) mass is 488 g/mol. The third-order valence-electron chi connectivity index (χ3n) is 5.15. The molecule has 3 amide bonds. The van der Waals surface area contributed by atoms with E-state index in [2.05, 4.69) is 25.9 Å². The van der Waals surface area contributed by atoms with Crippen LogP contribution >= 0.6 is 0 Å². The maximum absolute atomic E-state index is 13.1. The number of rotatable bonds is 13. The lowest BCUT2D eigenvalue weighted by Crippen LogP contribution is -2.57. The number of nitrogens with zero attached hydrogens (tertiary/aromatic N) is 1. The standard InChI is InChI=1S/C23H32N6O6/c1-13(2)7-17(21(32)29-19(23(34)35)9-15-11-25-12-26-15)28-22(33)18(27-20(31)10-24)8-14-3-5-16(30)6-4-14/h3-6,11-13,17-19,30H,7-10,24H2,1-2H3,(H,25,26)(H,27,31)(H,28,33)(H,29,32)(H,34,35). The van der Waals surface area contributed by atoms with Crippen molar-refractivity contribution in [1.82, 2.24) is 25.9 Å². The highest BCUT2D eigenvalue weighted by Gasteiger charge is 2.30. The highest BCUT2D eigenvalue weighted by molar-refractivity contribution is 5.93. The van der Waals surface area contributed by atoms with E-state index in [1.807, 2.05) is 13.8 Å². The van der Waals surface area contributed by atoms with E-state index >= 15 is 0 Å². The molecule has 0 aliphatic carbocycles. The first kappa shape index (κ1) is 27.3. The number of aromatic amines is 1. The summed E-state index contributed by atoms with van der Waals surface area (Å²) in [6.07, 6.45) is 3.18. The molecule has 8 N–H and O–H groups in total. The zero-order valence-corrected chi connectivity index (χ0v) is 19.7. The molecule has 0 fully saturated rings. The second-order valence-electron chi connectivity index (χ2n) is 8.57. The van der Waals surface area contributed by atoms with Crippen LogP contribution in [0.5, 0.6) is 5.75 Å². The van der Waals surface area contributed by atoms with Crippen molar-refractivity contribution in [1.29, 1.82) is 0 Å². The summed E-state index contributed by atoms with van der Waals surface area (Å²) < 4.78 is 0. The number of aliphatic carboxylic acids is 1. The first-order valence-corrected chi connectivity index (χ1v) is 11.2. The number of imidazole rings is 1. The summed E-state index contributed by atoms with van der Waals surface area (Å²) in [5.74, 6) is -3.02. The summed E-state index contributed by atoms with van der Waals surface area (Å²) in [5.41, 5.74) is 6.58. The highest BCUT2D eigenvalue weighted by Crippen LogP contribution is 2.12. The van der Waals surface area contributed by atoms with Crippen LogP contribution in [0.25, 0.3) is 0 Å². The van der Waals surface area contributed by atoms with Crippen molar-refractivity contribution in [2.45, 2.75) is 51.2 Å². The minimum atomic E-state index is -1.24. The topological polar surface area (TPSA) is 200 Å². The molecular formula is C23H32N6O6. The molecule has 3 unspecified atom stereocenters. The van der Waals surface area contributed by atoms with E-state index in [9.17, 15) is 29.4 Å². The molecule has 1 aromatic carbocycles.